The first-order valence-corrected chi connectivity index (χ1v) is 6.66. The smallest absolute Gasteiger partial charge is 0.146 e. The normalized spacial score (nSPS) is 10.9. The van der Waals surface area contributed by atoms with Crippen molar-refractivity contribution in [2.45, 2.75) is 26.9 Å². The van der Waals surface area contributed by atoms with Gasteiger partial charge in [-0.3, -0.25) is 4.68 Å². The first-order valence-electron chi connectivity index (χ1n) is 6.28. The second-order valence-electron chi connectivity index (χ2n) is 4.41. The molecule has 0 amide bonds. The molecule has 0 fully saturated rings. The summed E-state index contributed by atoms with van der Waals surface area (Å²) in [7, 11) is 0. The molecule has 2 rings (SSSR count). The van der Waals surface area contributed by atoms with Gasteiger partial charge >= 0.3 is 0 Å². The lowest BCUT2D eigenvalue weighted by atomic mass is 10.2. The van der Waals surface area contributed by atoms with Crippen LogP contribution in [0.3, 0.4) is 0 Å². The summed E-state index contributed by atoms with van der Waals surface area (Å²) in [6.45, 7) is 6.13. The molecule has 0 aliphatic heterocycles. The summed E-state index contributed by atoms with van der Waals surface area (Å²) in [5, 5.41) is 7.70. The molecule has 0 spiro atoms. The van der Waals surface area contributed by atoms with E-state index < -0.39 is 0 Å². The molecule has 5 heteroatoms. The van der Waals surface area contributed by atoms with Crippen LogP contribution >= 0.6 is 11.6 Å². The fourth-order valence-electron chi connectivity index (χ4n) is 1.91. The third-order valence-corrected chi connectivity index (χ3v) is 3.41. The van der Waals surface area contributed by atoms with Crippen LogP contribution in [0.5, 0.6) is 0 Å². The van der Waals surface area contributed by atoms with Crippen molar-refractivity contribution in [3.63, 3.8) is 0 Å². The van der Waals surface area contributed by atoms with Gasteiger partial charge < -0.3 is 5.32 Å². The van der Waals surface area contributed by atoms with Crippen LogP contribution in [-0.2, 0) is 13.1 Å². The number of benzene rings is 1. The largest absolute Gasteiger partial charge is 0.313 e. The molecule has 0 unspecified atom stereocenters. The molecule has 1 aromatic heterocycles. The van der Waals surface area contributed by atoms with Crippen molar-refractivity contribution in [2.75, 3.05) is 6.54 Å². The van der Waals surface area contributed by atoms with E-state index in [1.165, 1.54) is 0 Å². The topological polar surface area (TPSA) is 29.9 Å². The van der Waals surface area contributed by atoms with E-state index in [2.05, 4.69) is 17.3 Å². The van der Waals surface area contributed by atoms with Crippen LogP contribution in [0.1, 0.15) is 23.7 Å². The van der Waals surface area contributed by atoms with Gasteiger partial charge in [-0.1, -0.05) is 30.7 Å². The minimum Gasteiger partial charge on any atom is -0.313 e. The summed E-state index contributed by atoms with van der Waals surface area (Å²) < 4.78 is 15.6. The van der Waals surface area contributed by atoms with Crippen LogP contribution in [-0.4, -0.2) is 16.3 Å². The molecule has 1 aromatic carbocycles. The highest BCUT2D eigenvalue weighted by atomic mass is 35.5. The molecule has 19 heavy (non-hydrogen) atoms. The molecule has 3 nitrogen and oxygen atoms in total. The predicted octanol–water partition coefficient (Wildman–Crippen LogP) is 3.14. The Kier molecular flexibility index (Phi) is 4.56. The Balaban J connectivity index is 2.19. The number of aromatic nitrogens is 2. The van der Waals surface area contributed by atoms with Gasteiger partial charge in [0.2, 0.25) is 0 Å². The van der Waals surface area contributed by atoms with Gasteiger partial charge in [-0.15, -0.1) is 0 Å². The summed E-state index contributed by atoms with van der Waals surface area (Å²) in [5.41, 5.74) is 2.72. The van der Waals surface area contributed by atoms with Gasteiger partial charge in [0, 0.05) is 23.4 Å². The zero-order valence-electron chi connectivity index (χ0n) is 11.1. The molecule has 0 bridgehead atoms. The van der Waals surface area contributed by atoms with Crippen molar-refractivity contribution in [1.82, 2.24) is 15.1 Å². The lowest BCUT2D eigenvalue weighted by Gasteiger charge is -2.08. The van der Waals surface area contributed by atoms with Crippen LogP contribution in [0.15, 0.2) is 24.4 Å². The summed E-state index contributed by atoms with van der Waals surface area (Å²) in [6, 6.07) is 5.03. The van der Waals surface area contributed by atoms with Gasteiger partial charge in [0.1, 0.15) is 5.82 Å². The number of nitrogens with one attached hydrogen (secondary N) is 1. The van der Waals surface area contributed by atoms with Gasteiger partial charge in [-0.2, -0.15) is 5.10 Å². The Morgan fingerprint density at radius 3 is 2.89 bits per heavy atom. The van der Waals surface area contributed by atoms with Crippen molar-refractivity contribution in [1.29, 1.82) is 0 Å². The van der Waals surface area contributed by atoms with E-state index in [4.69, 9.17) is 11.6 Å². The number of nitrogens with zero attached hydrogens (tertiary/aromatic N) is 2. The quantitative estimate of drug-likeness (QED) is 0.912. The van der Waals surface area contributed by atoms with E-state index in [1.54, 1.807) is 22.9 Å². The van der Waals surface area contributed by atoms with Crippen molar-refractivity contribution in [2.24, 2.45) is 0 Å². The molecule has 0 saturated carbocycles. The molecule has 0 aliphatic carbocycles. The number of hydrogen-bond acceptors (Lipinski definition) is 2. The zero-order chi connectivity index (χ0) is 13.8. The van der Waals surface area contributed by atoms with E-state index >= 15 is 0 Å². The van der Waals surface area contributed by atoms with Gasteiger partial charge in [0.25, 0.3) is 0 Å². The molecule has 0 radical (unpaired) electrons. The van der Waals surface area contributed by atoms with Gasteiger partial charge in [-0.25, -0.2) is 4.39 Å². The molecule has 0 aliphatic rings. The van der Waals surface area contributed by atoms with Crippen LogP contribution in [0.4, 0.5) is 4.39 Å². The maximum atomic E-state index is 13.8. The second kappa shape index (κ2) is 6.17. The average Bonchev–Trinajstić information content (AvgIpc) is 2.74. The molecule has 102 valence electrons. The average molecular weight is 282 g/mol. The highest BCUT2D eigenvalue weighted by Gasteiger charge is 2.10. The molecule has 0 atom stereocenters. The molecular weight excluding hydrogens is 265 g/mol. The maximum absolute atomic E-state index is 13.8. The Hall–Kier alpha value is -1.39. The first kappa shape index (κ1) is 14.0. The van der Waals surface area contributed by atoms with Crippen molar-refractivity contribution in [3.8, 4) is 0 Å². The SMILES string of the molecule is CCNCc1cnn(Cc2cccc(Cl)c2F)c1C. The Morgan fingerprint density at radius 2 is 2.16 bits per heavy atom. The Labute approximate surface area is 117 Å². The molecule has 1 N–H and O–H groups in total. The van der Waals surface area contributed by atoms with Crippen LogP contribution < -0.4 is 5.32 Å². The fraction of sp³-hybridized carbons (Fsp3) is 0.357. The van der Waals surface area contributed by atoms with Crippen molar-refractivity contribution < 1.29 is 4.39 Å². The van der Waals surface area contributed by atoms with E-state index in [-0.39, 0.29) is 10.8 Å². The summed E-state index contributed by atoms with van der Waals surface area (Å²) in [6.07, 6.45) is 1.82. The number of hydrogen-bond donors (Lipinski definition) is 1. The minimum atomic E-state index is -0.368. The number of halogens is 2. The summed E-state index contributed by atoms with van der Waals surface area (Å²) in [5.74, 6) is -0.368. The minimum absolute atomic E-state index is 0.148. The molecule has 2 aromatic rings. The molecule has 0 saturated heterocycles. The number of rotatable bonds is 5. The third kappa shape index (κ3) is 3.14. The molecular formula is C14H17ClFN3. The first-order chi connectivity index (χ1) is 9.13. The summed E-state index contributed by atoms with van der Waals surface area (Å²) >= 11 is 5.78. The van der Waals surface area contributed by atoms with Gasteiger partial charge in [-0.05, 0) is 19.5 Å². The standard InChI is InChI=1S/C14H17ClFN3/c1-3-17-7-12-8-18-19(10(12)2)9-11-5-4-6-13(15)14(11)16/h4-6,8,17H,3,7,9H2,1-2H3. The predicted molar refractivity (Wildman–Crippen MR) is 74.9 cm³/mol. The Morgan fingerprint density at radius 1 is 1.37 bits per heavy atom. The van der Waals surface area contributed by atoms with Crippen molar-refractivity contribution >= 4 is 11.6 Å². The van der Waals surface area contributed by atoms with Gasteiger partial charge in [0.15, 0.2) is 0 Å². The Bertz CT molecular complexity index is 566. The van der Waals surface area contributed by atoms with Crippen LogP contribution in [0.2, 0.25) is 5.02 Å². The van der Waals surface area contributed by atoms with E-state index in [0.717, 1.165) is 24.3 Å². The van der Waals surface area contributed by atoms with E-state index in [1.807, 2.05) is 13.1 Å². The van der Waals surface area contributed by atoms with Gasteiger partial charge in [0.05, 0.1) is 17.8 Å². The zero-order valence-corrected chi connectivity index (χ0v) is 11.8. The lowest BCUT2D eigenvalue weighted by Crippen LogP contribution is -2.13. The second-order valence-corrected chi connectivity index (χ2v) is 4.81. The molecule has 1 heterocycles. The van der Waals surface area contributed by atoms with Crippen LogP contribution in [0.25, 0.3) is 0 Å². The highest BCUT2D eigenvalue weighted by Crippen LogP contribution is 2.19. The van der Waals surface area contributed by atoms with E-state index in [9.17, 15) is 4.39 Å². The van der Waals surface area contributed by atoms with E-state index in [0.29, 0.717) is 12.1 Å². The third-order valence-electron chi connectivity index (χ3n) is 3.12. The fourth-order valence-corrected chi connectivity index (χ4v) is 2.10. The van der Waals surface area contributed by atoms with Crippen molar-refractivity contribution in [3.05, 3.63) is 52.1 Å². The monoisotopic (exact) mass is 281 g/mol. The van der Waals surface area contributed by atoms with Crippen LogP contribution in [0, 0.1) is 12.7 Å². The highest BCUT2D eigenvalue weighted by molar-refractivity contribution is 6.30. The summed E-state index contributed by atoms with van der Waals surface area (Å²) in [4.78, 5) is 0. The lowest BCUT2D eigenvalue weighted by molar-refractivity contribution is 0.580. The maximum Gasteiger partial charge on any atom is 0.146 e.